The normalized spacial score (nSPS) is 18.4. The van der Waals surface area contributed by atoms with Gasteiger partial charge in [0.25, 0.3) is 0 Å². The van der Waals surface area contributed by atoms with Crippen molar-refractivity contribution in [3.63, 3.8) is 0 Å². The fraction of sp³-hybridized carbons (Fsp3) is 0.429. The number of hydrogen-bond donors (Lipinski definition) is 2. The smallest absolute Gasteiger partial charge is 0.250 e. The van der Waals surface area contributed by atoms with Crippen molar-refractivity contribution in [1.29, 1.82) is 0 Å². The third-order valence-corrected chi connectivity index (χ3v) is 3.16. The molecule has 1 amide bonds. The highest BCUT2D eigenvalue weighted by Crippen LogP contribution is 2.10. The minimum atomic E-state index is -0.288. The molecule has 2 rings (SSSR count). The molecule has 0 saturated carbocycles. The first-order valence-electron chi connectivity index (χ1n) is 6.58. The van der Waals surface area contributed by atoms with Gasteiger partial charge in [0.2, 0.25) is 5.91 Å². The first-order valence-corrected chi connectivity index (χ1v) is 6.99. The first-order chi connectivity index (χ1) is 9.63. The van der Waals surface area contributed by atoms with Gasteiger partial charge in [-0.1, -0.05) is 0 Å². The molecule has 1 fully saturated rings. The minimum Gasteiger partial charge on any atom is -0.462 e. The molecule has 1 atom stereocenters. The van der Waals surface area contributed by atoms with E-state index >= 15 is 0 Å². The fourth-order valence-corrected chi connectivity index (χ4v) is 2.09. The molecule has 6 heteroatoms. The number of nitrogens with one attached hydrogen (secondary N) is 2. The first kappa shape index (κ1) is 14.7. The number of amides is 1. The molecule has 2 heterocycles. The van der Waals surface area contributed by atoms with Crippen molar-refractivity contribution in [2.45, 2.75) is 25.9 Å². The van der Waals surface area contributed by atoms with E-state index in [1.54, 1.807) is 12.1 Å². The Morgan fingerprint density at radius 3 is 3.05 bits per heavy atom. The zero-order valence-corrected chi connectivity index (χ0v) is 12.2. The Bertz CT molecular complexity index is 504. The van der Waals surface area contributed by atoms with Crippen molar-refractivity contribution >= 4 is 29.3 Å². The van der Waals surface area contributed by atoms with Crippen LogP contribution < -0.4 is 10.6 Å². The van der Waals surface area contributed by atoms with Crippen LogP contribution in [0, 0.1) is 6.92 Å². The second kappa shape index (κ2) is 7.21. The number of ether oxygens (including phenoxy) is 1. The Morgan fingerprint density at radius 2 is 2.40 bits per heavy atom. The number of carbonyl (C=O) groups is 1. The van der Waals surface area contributed by atoms with E-state index in [9.17, 15) is 4.79 Å². The average molecular weight is 294 g/mol. The van der Waals surface area contributed by atoms with Gasteiger partial charge in [0.1, 0.15) is 11.5 Å². The molecule has 1 aromatic heterocycles. The highest BCUT2D eigenvalue weighted by atomic mass is 32.1. The molecule has 0 aromatic carbocycles. The third-order valence-electron chi connectivity index (χ3n) is 2.91. The van der Waals surface area contributed by atoms with E-state index in [0.29, 0.717) is 17.4 Å². The van der Waals surface area contributed by atoms with Gasteiger partial charge in [-0.25, -0.2) is 0 Å². The van der Waals surface area contributed by atoms with Crippen LogP contribution in [-0.4, -0.2) is 30.3 Å². The number of aryl methyl sites for hydroxylation is 1. The van der Waals surface area contributed by atoms with Crippen molar-refractivity contribution in [1.82, 2.24) is 10.6 Å². The summed E-state index contributed by atoms with van der Waals surface area (Å²) in [6.07, 6.45) is 5.29. The molecule has 0 spiro atoms. The van der Waals surface area contributed by atoms with Crippen molar-refractivity contribution < 1.29 is 13.9 Å². The summed E-state index contributed by atoms with van der Waals surface area (Å²) in [6, 6.07) is 3.64. The lowest BCUT2D eigenvalue weighted by molar-refractivity contribution is -0.115. The molecular formula is C14H18N2O3S. The van der Waals surface area contributed by atoms with Crippen molar-refractivity contribution in [3.05, 3.63) is 29.7 Å². The minimum absolute atomic E-state index is 0.187. The SMILES string of the molecule is Cc1ccc(C=CC(=O)NC(=S)NCC2CCCO2)o1. The topological polar surface area (TPSA) is 63.5 Å². The fourth-order valence-electron chi connectivity index (χ4n) is 1.91. The molecule has 1 saturated heterocycles. The maximum atomic E-state index is 11.6. The van der Waals surface area contributed by atoms with E-state index in [4.69, 9.17) is 21.4 Å². The quantitative estimate of drug-likeness (QED) is 0.654. The maximum absolute atomic E-state index is 11.6. The molecule has 2 N–H and O–H groups in total. The Labute approximate surface area is 123 Å². The van der Waals surface area contributed by atoms with Crippen molar-refractivity contribution in [3.8, 4) is 0 Å². The van der Waals surface area contributed by atoms with Gasteiger partial charge in [-0.3, -0.25) is 10.1 Å². The van der Waals surface area contributed by atoms with Gasteiger partial charge in [-0.2, -0.15) is 0 Å². The Kier molecular flexibility index (Phi) is 5.31. The Morgan fingerprint density at radius 1 is 1.55 bits per heavy atom. The Hall–Kier alpha value is -1.66. The van der Waals surface area contributed by atoms with E-state index in [1.807, 2.05) is 13.0 Å². The monoisotopic (exact) mass is 294 g/mol. The van der Waals surface area contributed by atoms with Gasteiger partial charge < -0.3 is 14.5 Å². The predicted molar refractivity (Wildman–Crippen MR) is 80.2 cm³/mol. The lowest BCUT2D eigenvalue weighted by Gasteiger charge is -2.12. The summed E-state index contributed by atoms with van der Waals surface area (Å²) >= 11 is 5.04. The van der Waals surface area contributed by atoms with Crippen LogP contribution in [0.2, 0.25) is 0 Å². The molecular weight excluding hydrogens is 276 g/mol. The molecule has 5 nitrogen and oxygen atoms in total. The lowest BCUT2D eigenvalue weighted by atomic mass is 10.2. The van der Waals surface area contributed by atoms with Gasteiger partial charge >= 0.3 is 0 Å². The highest BCUT2D eigenvalue weighted by Gasteiger charge is 2.15. The number of hydrogen-bond acceptors (Lipinski definition) is 4. The zero-order valence-electron chi connectivity index (χ0n) is 11.3. The van der Waals surface area contributed by atoms with E-state index in [-0.39, 0.29) is 12.0 Å². The summed E-state index contributed by atoms with van der Waals surface area (Å²) in [6.45, 7) is 3.28. The van der Waals surface area contributed by atoms with Crippen LogP contribution in [0.3, 0.4) is 0 Å². The lowest BCUT2D eigenvalue weighted by Crippen LogP contribution is -2.41. The van der Waals surface area contributed by atoms with Gasteiger partial charge in [-0.05, 0) is 50.2 Å². The van der Waals surface area contributed by atoms with Crippen LogP contribution in [0.5, 0.6) is 0 Å². The summed E-state index contributed by atoms with van der Waals surface area (Å²) in [5, 5.41) is 5.86. The standard InChI is InChI=1S/C14H18N2O3S/c1-10-4-5-11(19-10)6-7-13(17)16-14(20)15-9-12-3-2-8-18-12/h4-7,12H,2-3,8-9H2,1H3,(H2,15,16,17,20). The zero-order chi connectivity index (χ0) is 14.4. The van der Waals surface area contributed by atoms with Crippen LogP contribution in [-0.2, 0) is 9.53 Å². The summed E-state index contributed by atoms with van der Waals surface area (Å²) < 4.78 is 10.8. The Balaban J connectivity index is 1.70. The van der Waals surface area contributed by atoms with E-state index in [2.05, 4.69) is 10.6 Å². The van der Waals surface area contributed by atoms with Gasteiger partial charge in [0, 0.05) is 19.2 Å². The summed E-state index contributed by atoms with van der Waals surface area (Å²) in [4.78, 5) is 11.6. The highest BCUT2D eigenvalue weighted by molar-refractivity contribution is 7.80. The largest absolute Gasteiger partial charge is 0.462 e. The van der Waals surface area contributed by atoms with Gasteiger partial charge in [0.15, 0.2) is 5.11 Å². The second-order valence-corrected chi connectivity index (χ2v) is 5.02. The summed E-state index contributed by atoms with van der Waals surface area (Å²) in [5.74, 6) is 1.15. The van der Waals surface area contributed by atoms with Gasteiger partial charge in [-0.15, -0.1) is 0 Å². The average Bonchev–Trinajstić information content (AvgIpc) is 3.05. The molecule has 0 aliphatic carbocycles. The second-order valence-electron chi connectivity index (χ2n) is 4.62. The van der Waals surface area contributed by atoms with Crippen LogP contribution in [0.1, 0.15) is 24.4 Å². The van der Waals surface area contributed by atoms with E-state index in [0.717, 1.165) is 25.2 Å². The van der Waals surface area contributed by atoms with Gasteiger partial charge in [0.05, 0.1) is 6.10 Å². The molecule has 1 aliphatic rings. The van der Waals surface area contributed by atoms with Crippen molar-refractivity contribution in [2.75, 3.05) is 13.2 Å². The van der Waals surface area contributed by atoms with E-state index < -0.39 is 0 Å². The molecule has 1 unspecified atom stereocenters. The van der Waals surface area contributed by atoms with Crippen LogP contribution >= 0.6 is 12.2 Å². The molecule has 108 valence electrons. The van der Waals surface area contributed by atoms with Crippen LogP contribution in [0.15, 0.2) is 22.6 Å². The molecule has 0 radical (unpaired) electrons. The van der Waals surface area contributed by atoms with E-state index in [1.165, 1.54) is 6.08 Å². The summed E-state index contributed by atoms with van der Waals surface area (Å²) in [7, 11) is 0. The summed E-state index contributed by atoms with van der Waals surface area (Å²) in [5.41, 5.74) is 0. The molecule has 20 heavy (non-hydrogen) atoms. The number of furan rings is 1. The molecule has 0 bridgehead atoms. The van der Waals surface area contributed by atoms with Crippen LogP contribution in [0.25, 0.3) is 6.08 Å². The van der Waals surface area contributed by atoms with Crippen molar-refractivity contribution in [2.24, 2.45) is 0 Å². The van der Waals surface area contributed by atoms with Crippen LogP contribution in [0.4, 0.5) is 0 Å². The molecule has 1 aliphatic heterocycles. The molecule has 1 aromatic rings. The third kappa shape index (κ3) is 4.79. The number of carbonyl (C=O) groups excluding carboxylic acids is 1. The predicted octanol–water partition coefficient (Wildman–Crippen LogP) is 1.77. The number of thiocarbonyl (C=S) groups is 1. The number of rotatable bonds is 4. The maximum Gasteiger partial charge on any atom is 0.250 e.